The first kappa shape index (κ1) is 12.4. The number of morpholine rings is 1. The van der Waals surface area contributed by atoms with Gasteiger partial charge in [-0.25, -0.2) is 0 Å². The van der Waals surface area contributed by atoms with Gasteiger partial charge in [0.15, 0.2) is 0 Å². The maximum Gasteiger partial charge on any atom is 0.255 e. The molecule has 2 aromatic rings. The molecular formula is C14H13ClN2O2. The lowest BCUT2D eigenvalue weighted by Gasteiger charge is -2.26. The number of hydrogen-bond donors (Lipinski definition) is 0. The molecule has 19 heavy (non-hydrogen) atoms. The first-order valence-electron chi connectivity index (χ1n) is 6.17. The topological polar surface area (TPSA) is 42.4 Å². The molecule has 1 aliphatic rings. The van der Waals surface area contributed by atoms with Gasteiger partial charge in [0.25, 0.3) is 5.91 Å². The number of rotatable bonds is 1. The molecule has 4 nitrogen and oxygen atoms in total. The van der Waals surface area contributed by atoms with Crippen molar-refractivity contribution in [1.82, 2.24) is 9.88 Å². The Labute approximate surface area is 115 Å². The summed E-state index contributed by atoms with van der Waals surface area (Å²) in [5.74, 6) is -0.00215. The summed E-state index contributed by atoms with van der Waals surface area (Å²) in [6.45, 7) is 2.45. The molecule has 0 atom stereocenters. The lowest BCUT2D eigenvalue weighted by Crippen LogP contribution is -2.40. The zero-order chi connectivity index (χ0) is 13.2. The SMILES string of the molecule is O=C(c1cnc2c(Cl)cccc2c1)N1CCOCC1. The van der Waals surface area contributed by atoms with E-state index < -0.39 is 0 Å². The Kier molecular flexibility index (Phi) is 3.36. The number of carbonyl (C=O) groups is 1. The van der Waals surface area contributed by atoms with Gasteiger partial charge in [0.2, 0.25) is 0 Å². The summed E-state index contributed by atoms with van der Waals surface area (Å²) in [7, 11) is 0. The average Bonchev–Trinajstić information content (AvgIpc) is 2.47. The first-order valence-corrected chi connectivity index (χ1v) is 6.55. The molecule has 0 spiro atoms. The maximum atomic E-state index is 12.3. The third kappa shape index (κ3) is 2.41. The van der Waals surface area contributed by atoms with Crippen LogP contribution in [0.2, 0.25) is 5.02 Å². The van der Waals surface area contributed by atoms with E-state index in [0.717, 1.165) is 10.9 Å². The van der Waals surface area contributed by atoms with Gasteiger partial charge in [0, 0.05) is 24.7 Å². The van der Waals surface area contributed by atoms with E-state index >= 15 is 0 Å². The van der Waals surface area contributed by atoms with E-state index in [0.29, 0.717) is 36.9 Å². The molecule has 0 unspecified atom stereocenters. The van der Waals surface area contributed by atoms with Gasteiger partial charge in [-0.05, 0) is 12.1 Å². The molecule has 1 aliphatic heterocycles. The number of para-hydroxylation sites is 1. The summed E-state index contributed by atoms with van der Waals surface area (Å²) < 4.78 is 5.24. The van der Waals surface area contributed by atoms with Crippen LogP contribution in [0.15, 0.2) is 30.5 Å². The molecular weight excluding hydrogens is 264 g/mol. The van der Waals surface area contributed by atoms with Gasteiger partial charge in [0.1, 0.15) is 0 Å². The van der Waals surface area contributed by atoms with Crippen LogP contribution in [0.4, 0.5) is 0 Å². The molecule has 3 rings (SSSR count). The second-order valence-electron chi connectivity index (χ2n) is 4.44. The smallest absolute Gasteiger partial charge is 0.255 e. The van der Waals surface area contributed by atoms with E-state index in [2.05, 4.69) is 4.98 Å². The number of nitrogens with zero attached hydrogens (tertiary/aromatic N) is 2. The molecule has 1 aromatic carbocycles. The second-order valence-corrected chi connectivity index (χ2v) is 4.85. The van der Waals surface area contributed by atoms with Crippen molar-refractivity contribution in [2.24, 2.45) is 0 Å². The molecule has 0 radical (unpaired) electrons. The standard InChI is InChI=1S/C14H13ClN2O2/c15-12-3-1-2-10-8-11(9-16-13(10)12)14(18)17-4-6-19-7-5-17/h1-3,8-9H,4-7H2. The van der Waals surface area contributed by atoms with Crippen molar-refractivity contribution in [3.8, 4) is 0 Å². The van der Waals surface area contributed by atoms with Gasteiger partial charge in [-0.2, -0.15) is 0 Å². The Morgan fingerprint density at radius 1 is 1.32 bits per heavy atom. The van der Waals surface area contributed by atoms with Gasteiger partial charge >= 0.3 is 0 Å². The summed E-state index contributed by atoms with van der Waals surface area (Å²) in [6, 6.07) is 7.39. The van der Waals surface area contributed by atoms with Crippen LogP contribution < -0.4 is 0 Å². The number of hydrogen-bond acceptors (Lipinski definition) is 3. The van der Waals surface area contributed by atoms with Crippen LogP contribution in [0, 0.1) is 0 Å². The van der Waals surface area contributed by atoms with Crippen LogP contribution in [0.25, 0.3) is 10.9 Å². The van der Waals surface area contributed by atoms with Crippen molar-refractivity contribution in [3.05, 3.63) is 41.0 Å². The Hall–Kier alpha value is -1.65. The Morgan fingerprint density at radius 2 is 2.11 bits per heavy atom. The summed E-state index contributed by atoms with van der Waals surface area (Å²) in [6.07, 6.45) is 1.59. The van der Waals surface area contributed by atoms with Crippen molar-refractivity contribution in [2.45, 2.75) is 0 Å². The van der Waals surface area contributed by atoms with Crippen LogP contribution in [-0.4, -0.2) is 42.1 Å². The predicted octanol–water partition coefficient (Wildman–Crippen LogP) is 2.36. The molecule has 0 bridgehead atoms. The van der Waals surface area contributed by atoms with Crippen LogP contribution >= 0.6 is 11.6 Å². The van der Waals surface area contributed by atoms with Crippen molar-refractivity contribution in [2.75, 3.05) is 26.3 Å². The number of pyridine rings is 1. The number of amides is 1. The van der Waals surface area contributed by atoms with E-state index in [9.17, 15) is 4.79 Å². The van der Waals surface area contributed by atoms with Gasteiger partial charge in [-0.1, -0.05) is 23.7 Å². The third-order valence-electron chi connectivity index (χ3n) is 3.21. The molecule has 0 aliphatic carbocycles. The van der Waals surface area contributed by atoms with Gasteiger partial charge in [-0.3, -0.25) is 9.78 Å². The fourth-order valence-corrected chi connectivity index (χ4v) is 2.42. The summed E-state index contributed by atoms with van der Waals surface area (Å²) in [5.41, 5.74) is 1.32. The second kappa shape index (κ2) is 5.15. The highest BCUT2D eigenvalue weighted by atomic mass is 35.5. The number of carbonyl (C=O) groups excluding carboxylic acids is 1. The fraction of sp³-hybridized carbons (Fsp3) is 0.286. The predicted molar refractivity (Wildman–Crippen MR) is 73.5 cm³/mol. The van der Waals surface area contributed by atoms with Crippen LogP contribution in [0.3, 0.4) is 0 Å². The van der Waals surface area contributed by atoms with Gasteiger partial charge < -0.3 is 9.64 Å². The molecule has 0 N–H and O–H groups in total. The van der Waals surface area contributed by atoms with Crippen molar-refractivity contribution < 1.29 is 9.53 Å². The minimum absolute atomic E-state index is 0.00215. The lowest BCUT2D eigenvalue weighted by molar-refractivity contribution is 0.0303. The number of halogens is 1. The minimum atomic E-state index is -0.00215. The van der Waals surface area contributed by atoms with E-state index in [-0.39, 0.29) is 5.91 Å². The van der Waals surface area contributed by atoms with E-state index in [4.69, 9.17) is 16.3 Å². The highest BCUT2D eigenvalue weighted by Gasteiger charge is 2.19. The molecule has 0 saturated carbocycles. The molecule has 1 aromatic heterocycles. The summed E-state index contributed by atoms with van der Waals surface area (Å²) in [5, 5.41) is 1.48. The number of aromatic nitrogens is 1. The maximum absolute atomic E-state index is 12.3. The highest BCUT2D eigenvalue weighted by molar-refractivity contribution is 6.35. The monoisotopic (exact) mass is 276 g/mol. The lowest BCUT2D eigenvalue weighted by atomic mass is 10.1. The van der Waals surface area contributed by atoms with E-state index in [1.165, 1.54) is 0 Å². The molecule has 2 heterocycles. The quantitative estimate of drug-likeness (QED) is 0.803. The fourth-order valence-electron chi connectivity index (χ4n) is 2.19. The minimum Gasteiger partial charge on any atom is -0.378 e. The Balaban J connectivity index is 1.94. The zero-order valence-electron chi connectivity index (χ0n) is 10.3. The normalized spacial score (nSPS) is 15.7. The number of ether oxygens (including phenoxy) is 1. The summed E-state index contributed by atoms with van der Waals surface area (Å²) >= 11 is 6.06. The van der Waals surface area contributed by atoms with E-state index in [1.807, 2.05) is 18.2 Å². The van der Waals surface area contributed by atoms with Crippen molar-refractivity contribution in [1.29, 1.82) is 0 Å². The summed E-state index contributed by atoms with van der Waals surface area (Å²) in [4.78, 5) is 18.4. The van der Waals surface area contributed by atoms with Crippen LogP contribution in [0.5, 0.6) is 0 Å². The largest absolute Gasteiger partial charge is 0.378 e. The Morgan fingerprint density at radius 3 is 2.89 bits per heavy atom. The number of fused-ring (bicyclic) bond motifs is 1. The Bertz CT molecular complexity index is 624. The third-order valence-corrected chi connectivity index (χ3v) is 3.51. The molecule has 1 fully saturated rings. The molecule has 98 valence electrons. The van der Waals surface area contributed by atoms with E-state index in [1.54, 1.807) is 17.2 Å². The van der Waals surface area contributed by atoms with Gasteiger partial charge in [0.05, 0.1) is 29.3 Å². The van der Waals surface area contributed by atoms with Crippen LogP contribution in [0.1, 0.15) is 10.4 Å². The highest BCUT2D eigenvalue weighted by Crippen LogP contribution is 2.22. The average molecular weight is 277 g/mol. The molecule has 5 heteroatoms. The van der Waals surface area contributed by atoms with Crippen molar-refractivity contribution >= 4 is 28.4 Å². The number of benzene rings is 1. The van der Waals surface area contributed by atoms with Crippen LogP contribution in [-0.2, 0) is 4.74 Å². The molecule has 1 amide bonds. The van der Waals surface area contributed by atoms with Crippen molar-refractivity contribution in [3.63, 3.8) is 0 Å². The first-order chi connectivity index (χ1) is 9.25. The molecule has 1 saturated heterocycles. The van der Waals surface area contributed by atoms with Gasteiger partial charge in [-0.15, -0.1) is 0 Å². The zero-order valence-corrected chi connectivity index (χ0v) is 11.1.